The van der Waals surface area contributed by atoms with E-state index in [9.17, 15) is 0 Å². The number of rotatable bonds is 3. The molecule has 0 radical (unpaired) electrons. The van der Waals surface area contributed by atoms with Gasteiger partial charge in [0.15, 0.2) is 0 Å². The third-order valence-corrected chi connectivity index (χ3v) is 3.76. The molecule has 1 N–H and O–H groups in total. The Kier molecular flexibility index (Phi) is 3.79. The molecule has 1 saturated heterocycles. The lowest BCUT2D eigenvalue weighted by Crippen LogP contribution is -2.53. The molecule has 1 fully saturated rings. The van der Waals surface area contributed by atoms with Crippen molar-refractivity contribution in [3.05, 3.63) is 30.1 Å². The topological polar surface area (TPSA) is 28.2 Å². The summed E-state index contributed by atoms with van der Waals surface area (Å²) in [7, 11) is 2.23. The summed E-state index contributed by atoms with van der Waals surface area (Å²) >= 11 is 0. The van der Waals surface area contributed by atoms with E-state index in [-0.39, 0.29) is 0 Å². The SMILES string of the molecule is CN(Cc1cccnc1)C1CCNCC1(C)C. The van der Waals surface area contributed by atoms with Crippen LogP contribution in [0.4, 0.5) is 0 Å². The average Bonchev–Trinajstić information content (AvgIpc) is 2.29. The molecular weight excluding hydrogens is 210 g/mol. The van der Waals surface area contributed by atoms with Gasteiger partial charge in [0.2, 0.25) is 0 Å². The molecule has 1 aliphatic rings. The van der Waals surface area contributed by atoms with Gasteiger partial charge < -0.3 is 5.32 Å². The molecule has 1 aliphatic heterocycles. The molecule has 0 bridgehead atoms. The van der Waals surface area contributed by atoms with Crippen LogP contribution in [0.15, 0.2) is 24.5 Å². The van der Waals surface area contributed by atoms with E-state index in [2.05, 4.69) is 42.2 Å². The molecule has 2 rings (SSSR count). The third kappa shape index (κ3) is 3.05. The summed E-state index contributed by atoms with van der Waals surface area (Å²) in [6, 6.07) is 4.80. The Morgan fingerprint density at radius 2 is 2.35 bits per heavy atom. The van der Waals surface area contributed by atoms with E-state index in [1.807, 2.05) is 18.5 Å². The molecule has 17 heavy (non-hydrogen) atoms. The fraction of sp³-hybridized carbons (Fsp3) is 0.643. The first-order valence-corrected chi connectivity index (χ1v) is 6.39. The van der Waals surface area contributed by atoms with Crippen molar-refractivity contribution in [2.24, 2.45) is 5.41 Å². The van der Waals surface area contributed by atoms with Gasteiger partial charge in [0.05, 0.1) is 0 Å². The van der Waals surface area contributed by atoms with Crippen molar-refractivity contribution in [2.75, 3.05) is 20.1 Å². The lowest BCUT2D eigenvalue weighted by Gasteiger charge is -2.44. The number of nitrogens with one attached hydrogen (secondary N) is 1. The molecule has 94 valence electrons. The van der Waals surface area contributed by atoms with Crippen molar-refractivity contribution in [2.45, 2.75) is 32.9 Å². The van der Waals surface area contributed by atoms with Gasteiger partial charge in [-0.3, -0.25) is 9.88 Å². The molecule has 3 nitrogen and oxygen atoms in total. The zero-order chi connectivity index (χ0) is 12.3. The Labute approximate surface area is 104 Å². The molecule has 0 saturated carbocycles. The molecule has 3 heteroatoms. The smallest absolute Gasteiger partial charge is 0.0312 e. The summed E-state index contributed by atoms with van der Waals surface area (Å²) in [6.45, 7) is 7.93. The van der Waals surface area contributed by atoms with E-state index < -0.39 is 0 Å². The minimum absolute atomic E-state index is 0.342. The van der Waals surface area contributed by atoms with Gasteiger partial charge in [-0.1, -0.05) is 19.9 Å². The molecule has 1 atom stereocenters. The van der Waals surface area contributed by atoms with E-state index >= 15 is 0 Å². The largest absolute Gasteiger partial charge is 0.316 e. The predicted octanol–water partition coefficient (Wildman–Crippen LogP) is 1.90. The number of nitrogens with zero attached hydrogens (tertiary/aromatic N) is 2. The summed E-state index contributed by atoms with van der Waals surface area (Å²) in [5.74, 6) is 0. The van der Waals surface area contributed by atoms with Gasteiger partial charge in [0.25, 0.3) is 0 Å². The number of hydrogen-bond acceptors (Lipinski definition) is 3. The molecule has 1 unspecified atom stereocenters. The van der Waals surface area contributed by atoms with Crippen molar-refractivity contribution in [3.8, 4) is 0 Å². The Morgan fingerprint density at radius 3 is 3.00 bits per heavy atom. The first kappa shape index (κ1) is 12.5. The fourth-order valence-corrected chi connectivity index (χ4v) is 2.86. The summed E-state index contributed by atoms with van der Waals surface area (Å²) in [6.07, 6.45) is 5.02. The normalized spacial score (nSPS) is 23.9. The monoisotopic (exact) mass is 233 g/mol. The highest BCUT2D eigenvalue weighted by molar-refractivity contribution is 5.08. The Hall–Kier alpha value is -0.930. The average molecular weight is 233 g/mol. The maximum atomic E-state index is 4.18. The highest BCUT2D eigenvalue weighted by Crippen LogP contribution is 2.29. The molecule has 0 aliphatic carbocycles. The first-order valence-electron chi connectivity index (χ1n) is 6.39. The molecular formula is C14H23N3. The van der Waals surface area contributed by atoms with Gasteiger partial charge in [-0.25, -0.2) is 0 Å². The summed E-state index contributed by atoms with van der Waals surface area (Å²) in [4.78, 5) is 6.65. The van der Waals surface area contributed by atoms with Crippen LogP contribution in [0.3, 0.4) is 0 Å². The maximum Gasteiger partial charge on any atom is 0.0312 e. The quantitative estimate of drug-likeness (QED) is 0.864. The highest BCUT2D eigenvalue weighted by Gasteiger charge is 2.34. The van der Waals surface area contributed by atoms with Gasteiger partial charge in [-0.05, 0) is 37.1 Å². The second kappa shape index (κ2) is 5.15. The number of piperidine rings is 1. The molecule has 0 spiro atoms. The predicted molar refractivity (Wildman–Crippen MR) is 70.8 cm³/mol. The van der Waals surface area contributed by atoms with Gasteiger partial charge >= 0.3 is 0 Å². The van der Waals surface area contributed by atoms with Gasteiger partial charge in [0, 0.05) is 31.5 Å². The van der Waals surface area contributed by atoms with Crippen molar-refractivity contribution >= 4 is 0 Å². The van der Waals surface area contributed by atoms with Gasteiger partial charge in [0.1, 0.15) is 0 Å². The lowest BCUT2D eigenvalue weighted by molar-refractivity contribution is 0.0744. The summed E-state index contributed by atoms with van der Waals surface area (Å²) < 4.78 is 0. The van der Waals surface area contributed by atoms with Crippen LogP contribution in [0.2, 0.25) is 0 Å². The Bertz CT molecular complexity index is 348. The van der Waals surface area contributed by atoms with E-state index in [1.54, 1.807) is 0 Å². The van der Waals surface area contributed by atoms with Crippen molar-refractivity contribution in [1.29, 1.82) is 0 Å². The summed E-state index contributed by atoms with van der Waals surface area (Å²) in [5.41, 5.74) is 1.64. The van der Waals surface area contributed by atoms with Crippen LogP contribution in [-0.4, -0.2) is 36.1 Å². The number of hydrogen-bond donors (Lipinski definition) is 1. The van der Waals surface area contributed by atoms with E-state index in [0.717, 1.165) is 19.6 Å². The van der Waals surface area contributed by atoms with Crippen LogP contribution in [-0.2, 0) is 6.54 Å². The molecule has 0 amide bonds. The van der Waals surface area contributed by atoms with Gasteiger partial charge in [-0.2, -0.15) is 0 Å². The standard InChI is InChI=1S/C14H23N3/c1-14(2)11-16-8-6-13(14)17(3)10-12-5-4-7-15-9-12/h4-5,7,9,13,16H,6,8,10-11H2,1-3H3. The lowest BCUT2D eigenvalue weighted by atomic mass is 9.79. The minimum Gasteiger partial charge on any atom is -0.316 e. The maximum absolute atomic E-state index is 4.18. The highest BCUT2D eigenvalue weighted by atomic mass is 15.2. The number of pyridine rings is 1. The first-order chi connectivity index (χ1) is 8.09. The van der Waals surface area contributed by atoms with Crippen LogP contribution in [0.25, 0.3) is 0 Å². The van der Waals surface area contributed by atoms with Crippen LogP contribution in [0.1, 0.15) is 25.8 Å². The van der Waals surface area contributed by atoms with Crippen LogP contribution < -0.4 is 5.32 Å². The van der Waals surface area contributed by atoms with Crippen molar-refractivity contribution < 1.29 is 0 Å². The Balaban J connectivity index is 2.02. The molecule has 1 aromatic heterocycles. The second-order valence-electron chi connectivity index (χ2n) is 5.75. The molecule has 1 aromatic rings. The van der Waals surface area contributed by atoms with Crippen LogP contribution in [0.5, 0.6) is 0 Å². The fourth-order valence-electron chi connectivity index (χ4n) is 2.86. The number of aromatic nitrogens is 1. The van der Waals surface area contributed by atoms with Gasteiger partial charge in [-0.15, -0.1) is 0 Å². The van der Waals surface area contributed by atoms with E-state index in [4.69, 9.17) is 0 Å². The van der Waals surface area contributed by atoms with Crippen molar-refractivity contribution in [3.63, 3.8) is 0 Å². The second-order valence-corrected chi connectivity index (χ2v) is 5.75. The van der Waals surface area contributed by atoms with Crippen LogP contribution >= 0.6 is 0 Å². The van der Waals surface area contributed by atoms with E-state index in [0.29, 0.717) is 11.5 Å². The Morgan fingerprint density at radius 1 is 1.53 bits per heavy atom. The zero-order valence-electron chi connectivity index (χ0n) is 11.1. The summed E-state index contributed by atoms with van der Waals surface area (Å²) in [5, 5.41) is 3.48. The zero-order valence-corrected chi connectivity index (χ0v) is 11.1. The van der Waals surface area contributed by atoms with E-state index in [1.165, 1.54) is 12.0 Å². The minimum atomic E-state index is 0.342. The van der Waals surface area contributed by atoms with Crippen molar-refractivity contribution in [1.82, 2.24) is 15.2 Å². The van der Waals surface area contributed by atoms with Crippen LogP contribution in [0, 0.1) is 5.41 Å². The third-order valence-electron chi connectivity index (χ3n) is 3.76. The molecule has 2 heterocycles. The molecule has 0 aromatic carbocycles.